The summed E-state index contributed by atoms with van der Waals surface area (Å²) in [6.45, 7) is 5.60. The number of imide groups is 1. The second kappa shape index (κ2) is 7.67. The van der Waals surface area contributed by atoms with Crippen molar-refractivity contribution in [3.05, 3.63) is 17.8 Å². The minimum atomic E-state index is -0.754. The van der Waals surface area contributed by atoms with Gasteiger partial charge in [-0.25, -0.2) is 4.79 Å². The zero-order chi connectivity index (χ0) is 18.7. The average molecular weight is 361 g/mol. The molecule has 9 nitrogen and oxygen atoms in total. The molecule has 1 aromatic heterocycles. The summed E-state index contributed by atoms with van der Waals surface area (Å²) < 4.78 is 5.81. The molecule has 2 aliphatic heterocycles. The fourth-order valence-corrected chi connectivity index (χ4v) is 3.16. The highest BCUT2D eigenvalue weighted by atomic mass is 16.5. The SMILES string of the molecule is CCN1CCN(C(=O)N2CCCC(Oc3ccc(C)nn3)C2)C(=O)C1=O. The number of nitrogens with zero attached hydrogens (tertiary/aromatic N) is 5. The maximum absolute atomic E-state index is 12.7. The van der Waals surface area contributed by atoms with Crippen LogP contribution < -0.4 is 4.74 Å². The maximum atomic E-state index is 12.7. The molecule has 0 N–H and O–H groups in total. The van der Waals surface area contributed by atoms with Gasteiger partial charge in [0.2, 0.25) is 5.88 Å². The van der Waals surface area contributed by atoms with Crippen LogP contribution in [0.5, 0.6) is 5.88 Å². The summed E-state index contributed by atoms with van der Waals surface area (Å²) in [6.07, 6.45) is 1.33. The Morgan fingerprint density at radius 1 is 1.19 bits per heavy atom. The highest BCUT2D eigenvalue weighted by molar-refractivity contribution is 6.38. The van der Waals surface area contributed by atoms with Crippen LogP contribution in [0, 0.1) is 6.92 Å². The van der Waals surface area contributed by atoms with Crippen molar-refractivity contribution in [2.45, 2.75) is 32.8 Å². The molecule has 2 saturated heterocycles. The van der Waals surface area contributed by atoms with E-state index in [1.807, 2.05) is 19.9 Å². The first kappa shape index (κ1) is 18.1. The molecule has 0 saturated carbocycles. The molecule has 3 heterocycles. The van der Waals surface area contributed by atoms with Crippen LogP contribution in [-0.2, 0) is 9.59 Å². The van der Waals surface area contributed by atoms with Crippen molar-refractivity contribution >= 4 is 17.8 Å². The Labute approximate surface area is 151 Å². The number of rotatable bonds is 3. The molecule has 1 atom stereocenters. The standard InChI is InChI=1S/C17H23N5O4/c1-3-20-9-10-22(16(24)15(20)23)17(25)21-8-4-5-13(11-21)26-14-7-6-12(2)18-19-14/h6-7,13H,3-5,8-11H2,1-2H3. The van der Waals surface area contributed by atoms with Crippen molar-refractivity contribution in [3.8, 4) is 5.88 Å². The zero-order valence-electron chi connectivity index (χ0n) is 15.1. The second-order valence-electron chi connectivity index (χ2n) is 6.47. The molecule has 1 aromatic rings. The van der Waals surface area contributed by atoms with Gasteiger partial charge in [-0.15, -0.1) is 5.10 Å². The van der Waals surface area contributed by atoms with E-state index in [4.69, 9.17) is 4.74 Å². The Kier molecular flexibility index (Phi) is 5.34. The molecule has 2 fully saturated rings. The molecule has 1 unspecified atom stereocenters. The Hall–Kier alpha value is -2.71. The van der Waals surface area contributed by atoms with E-state index < -0.39 is 17.8 Å². The summed E-state index contributed by atoms with van der Waals surface area (Å²) in [6, 6.07) is 3.13. The van der Waals surface area contributed by atoms with Gasteiger partial charge >= 0.3 is 17.8 Å². The molecule has 0 bridgehead atoms. The van der Waals surface area contributed by atoms with Crippen LogP contribution in [0.15, 0.2) is 12.1 Å². The third kappa shape index (κ3) is 3.76. The molecule has 4 amide bonds. The second-order valence-corrected chi connectivity index (χ2v) is 6.47. The van der Waals surface area contributed by atoms with E-state index in [1.165, 1.54) is 4.90 Å². The van der Waals surface area contributed by atoms with E-state index in [0.29, 0.717) is 32.1 Å². The summed E-state index contributed by atoms with van der Waals surface area (Å²) in [5, 5.41) is 7.94. The normalized spacial score (nSPS) is 21.2. The number of amides is 4. The number of aryl methyl sites for hydroxylation is 1. The van der Waals surface area contributed by atoms with E-state index in [2.05, 4.69) is 10.2 Å². The smallest absolute Gasteiger partial charge is 0.327 e. The number of carbonyl (C=O) groups is 3. The van der Waals surface area contributed by atoms with E-state index in [1.54, 1.807) is 11.0 Å². The fraction of sp³-hybridized carbons (Fsp3) is 0.588. The van der Waals surface area contributed by atoms with Gasteiger partial charge in [0.05, 0.1) is 12.2 Å². The Morgan fingerprint density at radius 3 is 2.69 bits per heavy atom. The first-order chi connectivity index (χ1) is 12.5. The molecule has 0 aliphatic carbocycles. The molecular weight excluding hydrogens is 338 g/mol. The number of hydrogen-bond donors (Lipinski definition) is 0. The van der Waals surface area contributed by atoms with Gasteiger partial charge in [-0.3, -0.25) is 14.5 Å². The predicted octanol–water partition coefficient (Wildman–Crippen LogP) is 0.439. The lowest BCUT2D eigenvalue weighted by atomic mass is 10.1. The number of hydrogen-bond acceptors (Lipinski definition) is 6. The first-order valence-corrected chi connectivity index (χ1v) is 8.86. The lowest BCUT2D eigenvalue weighted by Crippen LogP contribution is -2.60. The summed E-state index contributed by atoms with van der Waals surface area (Å²) >= 11 is 0. The predicted molar refractivity (Wildman–Crippen MR) is 91.4 cm³/mol. The summed E-state index contributed by atoms with van der Waals surface area (Å²) in [5.41, 5.74) is 0.798. The molecule has 26 heavy (non-hydrogen) atoms. The zero-order valence-corrected chi connectivity index (χ0v) is 15.1. The van der Waals surface area contributed by atoms with Crippen LogP contribution in [0.3, 0.4) is 0 Å². The van der Waals surface area contributed by atoms with Crippen LogP contribution in [0.2, 0.25) is 0 Å². The van der Waals surface area contributed by atoms with Gasteiger partial charge < -0.3 is 14.5 Å². The number of ether oxygens (including phenoxy) is 1. The summed E-state index contributed by atoms with van der Waals surface area (Å²) in [5.74, 6) is -0.958. The van der Waals surface area contributed by atoms with Crippen molar-refractivity contribution < 1.29 is 19.1 Å². The molecule has 2 aliphatic rings. The molecule has 0 radical (unpaired) electrons. The highest BCUT2D eigenvalue weighted by Gasteiger charge is 2.38. The van der Waals surface area contributed by atoms with Crippen LogP contribution >= 0.6 is 0 Å². The van der Waals surface area contributed by atoms with Crippen LogP contribution in [0.4, 0.5) is 4.79 Å². The number of aromatic nitrogens is 2. The van der Waals surface area contributed by atoms with Crippen molar-refractivity contribution in [2.75, 3.05) is 32.7 Å². The first-order valence-electron chi connectivity index (χ1n) is 8.86. The monoisotopic (exact) mass is 361 g/mol. The van der Waals surface area contributed by atoms with Gasteiger partial charge in [0.25, 0.3) is 0 Å². The largest absolute Gasteiger partial charge is 0.471 e. The van der Waals surface area contributed by atoms with Crippen LogP contribution in [0.1, 0.15) is 25.5 Å². The number of piperazine rings is 1. The lowest BCUT2D eigenvalue weighted by Gasteiger charge is -2.38. The molecule has 140 valence electrons. The van der Waals surface area contributed by atoms with Crippen molar-refractivity contribution in [1.29, 1.82) is 0 Å². The summed E-state index contributed by atoms with van der Waals surface area (Å²) in [7, 11) is 0. The molecule has 0 spiro atoms. The van der Waals surface area contributed by atoms with Gasteiger partial charge in [-0.05, 0) is 32.8 Å². The third-order valence-corrected chi connectivity index (χ3v) is 4.63. The van der Waals surface area contributed by atoms with Crippen molar-refractivity contribution in [2.24, 2.45) is 0 Å². The highest BCUT2D eigenvalue weighted by Crippen LogP contribution is 2.18. The topological polar surface area (TPSA) is 95.9 Å². The Morgan fingerprint density at radius 2 is 2.00 bits per heavy atom. The molecule has 3 rings (SSSR count). The van der Waals surface area contributed by atoms with Crippen LogP contribution in [0.25, 0.3) is 0 Å². The van der Waals surface area contributed by atoms with Gasteiger partial charge in [0.1, 0.15) is 6.10 Å². The number of piperidine rings is 1. The Bertz CT molecular complexity index is 693. The summed E-state index contributed by atoms with van der Waals surface area (Å²) in [4.78, 5) is 41.0. The minimum Gasteiger partial charge on any atom is -0.471 e. The van der Waals surface area contributed by atoms with E-state index in [0.717, 1.165) is 23.4 Å². The minimum absolute atomic E-state index is 0.215. The molecule has 0 aromatic carbocycles. The van der Waals surface area contributed by atoms with E-state index in [-0.39, 0.29) is 12.6 Å². The maximum Gasteiger partial charge on any atom is 0.327 e. The van der Waals surface area contributed by atoms with Crippen molar-refractivity contribution in [3.63, 3.8) is 0 Å². The van der Waals surface area contributed by atoms with Gasteiger partial charge in [-0.1, -0.05) is 0 Å². The van der Waals surface area contributed by atoms with Crippen molar-refractivity contribution in [1.82, 2.24) is 24.9 Å². The fourth-order valence-electron chi connectivity index (χ4n) is 3.16. The number of likely N-dealkylation sites (tertiary alicyclic amines) is 1. The van der Waals surface area contributed by atoms with Gasteiger partial charge in [-0.2, -0.15) is 5.10 Å². The van der Waals surface area contributed by atoms with Crippen LogP contribution in [-0.4, -0.2) is 81.6 Å². The molecule has 9 heteroatoms. The van der Waals surface area contributed by atoms with E-state index in [9.17, 15) is 14.4 Å². The number of likely N-dealkylation sites (N-methyl/N-ethyl adjacent to an activating group) is 1. The number of carbonyl (C=O) groups excluding carboxylic acids is 3. The lowest BCUT2D eigenvalue weighted by molar-refractivity contribution is -0.154. The van der Waals surface area contributed by atoms with E-state index >= 15 is 0 Å². The van der Waals surface area contributed by atoms with Gasteiger partial charge in [0.15, 0.2) is 0 Å². The average Bonchev–Trinajstić information content (AvgIpc) is 2.65. The number of urea groups is 1. The Balaban J connectivity index is 1.62. The van der Waals surface area contributed by atoms with Gasteiger partial charge in [0, 0.05) is 32.2 Å². The molecular formula is C17H23N5O4. The quantitative estimate of drug-likeness (QED) is 0.725. The third-order valence-electron chi connectivity index (χ3n) is 4.63.